The van der Waals surface area contributed by atoms with Gasteiger partial charge in [0.25, 0.3) is 0 Å². The van der Waals surface area contributed by atoms with Crippen LogP contribution in [-0.4, -0.2) is 19.3 Å². The van der Waals surface area contributed by atoms with Crippen LogP contribution >= 0.6 is 0 Å². The van der Waals surface area contributed by atoms with E-state index >= 15 is 0 Å². The molecule has 2 aliphatic carbocycles. The zero-order chi connectivity index (χ0) is 10.3. The molecular formula is C13H23NO. The van der Waals surface area contributed by atoms with E-state index in [0.717, 1.165) is 36.9 Å². The molecule has 4 unspecified atom stereocenters. The Bertz CT molecular complexity index is 225. The minimum Gasteiger partial charge on any atom is -0.381 e. The molecule has 2 bridgehead atoms. The quantitative estimate of drug-likeness (QED) is 0.756. The molecule has 15 heavy (non-hydrogen) atoms. The largest absolute Gasteiger partial charge is 0.381 e. The third-order valence-electron chi connectivity index (χ3n) is 5.10. The van der Waals surface area contributed by atoms with Crippen LogP contribution in [0.15, 0.2) is 0 Å². The van der Waals surface area contributed by atoms with Crippen LogP contribution < -0.4 is 5.73 Å². The lowest BCUT2D eigenvalue weighted by Crippen LogP contribution is -2.42. The summed E-state index contributed by atoms with van der Waals surface area (Å²) in [5.41, 5.74) is 6.48. The summed E-state index contributed by atoms with van der Waals surface area (Å²) in [4.78, 5) is 0. The number of nitrogens with two attached hydrogens (primary N) is 1. The predicted molar refractivity (Wildman–Crippen MR) is 60.5 cm³/mol. The number of fused-ring (bicyclic) bond motifs is 2. The van der Waals surface area contributed by atoms with Crippen molar-refractivity contribution in [1.82, 2.24) is 0 Å². The molecule has 1 aliphatic heterocycles. The van der Waals surface area contributed by atoms with Gasteiger partial charge in [0, 0.05) is 19.3 Å². The SMILES string of the molecule is NC(C1CCOCC1)C1CC2CCC1C2. The molecule has 0 spiro atoms. The Morgan fingerprint density at radius 2 is 1.80 bits per heavy atom. The maximum absolute atomic E-state index is 6.48. The molecule has 0 aromatic heterocycles. The Kier molecular flexibility index (Phi) is 2.73. The van der Waals surface area contributed by atoms with Crippen molar-refractivity contribution in [3.8, 4) is 0 Å². The fraction of sp³-hybridized carbons (Fsp3) is 1.00. The van der Waals surface area contributed by atoms with Gasteiger partial charge in [0.2, 0.25) is 0 Å². The van der Waals surface area contributed by atoms with Gasteiger partial charge in [-0.15, -0.1) is 0 Å². The van der Waals surface area contributed by atoms with Gasteiger partial charge >= 0.3 is 0 Å². The van der Waals surface area contributed by atoms with Crippen molar-refractivity contribution in [2.45, 2.75) is 44.6 Å². The van der Waals surface area contributed by atoms with Crippen molar-refractivity contribution in [3.05, 3.63) is 0 Å². The first kappa shape index (κ1) is 10.1. The minimum atomic E-state index is 0.476. The minimum absolute atomic E-state index is 0.476. The molecule has 3 aliphatic rings. The maximum Gasteiger partial charge on any atom is 0.0469 e. The monoisotopic (exact) mass is 209 g/mol. The highest BCUT2D eigenvalue weighted by Gasteiger charge is 2.43. The molecule has 2 N–H and O–H groups in total. The molecular weight excluding hydrogens is 186 g/mol. The van der Waals surface area contributed by atoms with Crippen LogP contribution in [0.25, 0.3) is 0 Å². The Labute approximate surface area is 92.6 Å². The summed E-state index contributed by atoms with van der Waals surface area (Å²) in [7, 11) is 0. The summed E-state index contributed by atoms with van der Waals surface area (Å²) >= 11 is 0. The van der Waals surface area contributed by atoms with E-state index in [2.05, 4.69) is 0 Å². The number of hydrogen-bond acceptors (Lipinski definition) is 2. The fourth-order valence-electron chi connectivity index (χ4n) is 4.22. The average Bonchev–Trinajstić information content (AvgIpc) is 2.91. The molecule has 86 valence electrons. The second-order valence-electron chi connectivity index (χ2n) is 5.87. The van der Waals surface area contributed by atoms with Crippen LogP contribution in [0.3, 0.4) is 0 Å². The molecule has 3 fully saturated rings. The standard InChI is InChI=1S/C13H23NO/c14-13(10-3-5-15-6-4-10)12-8-9-1-2-11(12)7-9/h9-13H,1-8,14H2. The Morgan fingerprint density at radius 3 is 2.40 bits per heavy atom. The molecule has 2 heteroatoms. The molecule has 4 atom stereocenters. The summed E-state index contributed by atoms with van der Waals surface area (Å²) < 4.78 is 5.42. The third kappa shape index (κ3) is 1.83. The Hall–Kier alpha value is -0.0800. The highest BCUT2D eigenvalue weighted by atomic mass is 16.5. The van der Waals surface area contributed by atoms with E-state index in [1.807, 2.05) is 0 Å². The van der Waals surface area contributed by atoms with Crippen molar-refractivity contribution in [3.63, 3.8) is 0 Å². The van der Waals surface area contributed by atoms with Crippen molar-refractivity contribution in [1.29, 1.82) is 0 Å². The summed E-state index contributed by atoms with van der Waals surface area (Å²) in [5.74, 6) is 3.62. The lowest BCUT2D eigenvalue weighted by Gasteiger charge is -2.35. The highest BCUT2D eigenvalue weighted by Crippen LogP contribution is 2.50. The molecule has 0 amide bonds. The van der Waals surface area contributed by atoms with Crippen LogP contribution in [0.5, 0.6) is 0 Å². The molecule has 0 aromatic rings. The number of ether oxygens (including phenoxy) is 1. The van der Waals surface area contributed by atoms with Crippen molar-refractivity contribution >= 4 is 0 Å². The number of rotatable bonds is 2. The summed E-state index contributed by atoms with van der Waals surface area (Å²) in [6.45, 7) is 1.89. The molecule has 0 aromatic carbocycles. The van der Waals surface area contributed by atoms with Crippen LogP contribution in [0, 0.1) is 23.7 Å². The molecule has 1 saturated heterocycles. The predicted octanol–water partition coefficient (Wildman–Crippen LogP) is 2.18. The number of hydrogen-bond donors (Lipinski definition) is 1. The van der Waals surface area contributed by atoms with Crippen molar-refractivity contribution in [2.75, 3.05) is 13.2 Å². The van der Waals surface area contributed by atoms with Crippen LogP contribution in [0.2, 0.25) is 0 Å². The molecule has 1 heterocycles. The van der Waals surface area contributed by atoms with Crippen LogP contribution in [0.1, 0.15) is 38.5 Å². The van der Waals surface area contributed by atoms with Gasteiger partial charge in [0.1, 0.15) is 0 Å². The maximum atomic E-state index is 6.48. The van der Waals surface area contributed by atoms with Gasteiger partial charge in [-0.1, -0.05) is 6.42 Å². The van der Waals surface area contributed by atoms with Gasteiger partial charge in [-0.2, -0.15) is 0 Å². The summed E-state index contributed by atoms with van der Waals surface area (Å²) in [5, 5.41) is 0. The zero-order valence-corrected chi connectivity index (χ0v) is 9.53. The average molecular weight is 209 g/mol. The van der Waals surface area contributed by atoms with Gasteiger partial charge in [-0.3, -0.25) is 0 Å². The Morgan fingerprint density at radius 1 is 1.00 bits per heavy atom. The second kappa shape index (κ2) is 4.06. The molecule has 2 saturated carbocycles. The first-order valence-corrected chi connectivity index (χ1v) is 6.68. The molecule has 2 nitrogen and oxygen atoms in total. The van der Waals surface area contributed by atoms with E-state index in [0.29, 0.717) is 6.04 Å². The second-order valence-corrected chi connectivity index (χ2v) is 5.87. The Balaban J connectivity index is 1.61. The van der Waals surface area contributed by atoms with E-state index in [1.165, 1.54) is 38.5 Å². The van der Waals surface area contributed by atoms with Gasteiger partial charge in [-0.05, 0) is 55.8 Å². The van der Waals surface area contributed by atoms with Crippen molar-refractivity contribution in [2.24, 2.45) is 29.4 Å². The van der Waals surface area contributed by atoms with E-state index in [1.54, 1.807) is 0 Å². The first-order chi connectivity index (χ1) is 7.34. The van der Waals surface area contributed by atoms with Gasteiger partial charge in [0.05, 0.1) is 0 Å². The molecule has 3 rings (SSSR count). The fourth-order valence-corrected chi connectivity index (χ4v) is 4.22. The summed E-state index contributed by atoms with van der Waals surface area (Å²) in [6, 6.07) is 0.476. The van der Waals surface area contributed by atoms with E-state index in [4.69, 9.17) is 10.5 Å². The first-order valence-electron chi connectivity index (χ1n) is 6.68. The molecule has 0 radical (unpaired) electrons. The van der Waals surface area contributed by atoms with Gasteiger partial charge in [-0.25, -0.2) is 0 Å². The summed E-state index contributed by atoms with van der Waals surface area (Å²) in [6.07, 6.45) is 8.28. The normalized spacial score (nSPS) is 43.4. The van der Waals surface area contributed by atoms with E-state index < -0.39 is 0 Å². The van der Waals surface area contributed by atoms with E-state index in [-0.39, 0.29) is 0 Å². The zero-order valence-electron chi connectivity index (χ0n) is 9.53. The smallest absolute Gasteiger partial charge is 0.0469 e. The van der Waals surface area contributed by atoms with Gasteiger partial charge in [0.15, 0.2) is 0 Å². The lowest BCUT2D eigenvalue weighted by molar-refractivity contribution is 0.0460. The van der Waals surface area contributed by atoms with E-state index in [9.17, 15) is 0 Å². The van der Waals surface area contributed by atoms with Gasteiger partial charge < -0.3 is 10.5 Å². The third-order valence-corrected chi connectivity index (χ3v) is 5.10. The van der Waals surface area contributed by atoms with Crippen LogP contribution in [-0.2, 0) is 4.74 Å². The lowest BCUT2D eigenvalue weighted by atomic mass is 9.76. The van der Waals surface area contributed by atoms with Crippen molar-refractivity contribution < 1.29 is 4.74 Å². The topological polar surface area (TPSA) is 35.2 Å². The van der Waals surface area contributed by atoms with Crippen LogP contribution in [0.4, 0.5) is 0 Å². The highest BCUT2D eigenvalue weighted by molar-refractivity contribution is 4.96.